The zero-order chi connectivity index (χ0) is 25.4. The molecule has 1 aliphatic carbocycles. The van der Waals surface area contributed by atoms with Gasteiger partial charge in [0.15, 0.2) is 0 Å². The Morgan fingerprint density at radius 1 is 0.811 bits per heavy atom. The van der Waals surface area contributed by atoms with E-state index in [4.69, 9.17) is 11.6 Å². The van der Waals surface area contributed by atoms with E-state index >= 15 is 0 Å². The zero-order valence-electron chi connectivity index (χ0n) is 21.3. The van der Waals surface area contributed by atoms with Gasteiger partial charge in [-0.05, 0) is 85.6 Å². The lowest BCUT2D eigenvalue weighted by molar-refractivity contribution is -0.139. The van der Waals surface area contributed by atoms with Gasteiger partial charge in [0.05, 0.1) is 10.3 Å². The van der Waals surface area contributed by atoms with Crippen molar-refractivity contribution in [1.29, 1.82) is 0 Å². The van der Waals surface area contributed by atoms with E-state index in [2.05, 4.69) is 34.1 Å². The minimum absolute atomic E-state index is 0.184. The minimum Gasteiger partial charge on any atom is -0.342 e. The molecule has 0 radical (unpaired) electrons. The van der Waals surface area contributed by atoms with E-state index in [0.29, 0.717) is 17.7 Å². The molecular weight excluding hydrogens is 500 g/mol. The van der Waals surface area contributed by atoms with Gasteiger partial charge in [0, 0.05) is 35.9 Å². The number of fused-ring (bicyclic) bond motifs is 1. The van der Waals surface area contributed by atoms with E-state index in [-0.39, 0.29) is 11.3 Å². The molecule has 0 spiro atoms. The SMILES string of the molecule is O=C(c1cc2ccccc2s1)N1CCC(C2CCN(C(=O)C3(c4ccc(Cl)cc4)CCCC3)CC2)CC1. The fraction of sp³-hybridized carbons (Fsp3) is 0.484. The highest BCUT2D eigenvalue weighted by Gasteiger charge is 2.45. The van der Waals surface area contributed by atoms with Crippen LogP contribution in [0.25, 0.3) is 10.1 Å². The van der Waals surface area contributed by atoms with Crippen LogP contribution >= 0.6 is 22.9 Å². The fourth-order valence-corrected chi connectivity index (χ4v) is 8.22. The molecule has 0 N–H and O–H groups in total. The Labute approximate surface area is 228 Å². The van der Waals surface area contributed by atoms with Gasteiger partial charge in [0.25, 0.3) is 5.91 Å². The Balaban J connectivity index is 1.04. The van der Waals surface area contributed by atoms with Crippen LogP contribution in [-0.2, 0) is 10.2 Å². The normalized spacial score (nSPS) is 21.0. The maximum atomic E-state index is 13.9. The summed E-state index contributed by atoms with van der Waals surface area (Å²) in [5, 5.41) is 1.88. The molecule has 194 valence electrons. The number of rotatable bonds is 4. The molecule has 0 bridgehead atoms. The summed E-state index contributed by atoms with van der Waals surface area (Å²) in [6.07, 6.45) is 8.43. The molecular formula is C31H35ClN2O2S. The number of benzene rings is 2. The zero-order valence-corrected chi connectivity index (χ0v) is 22.9. The topological polar surface area (TPSA) is 40.6 Å². The number of hydrogen-bond donors (Lipinski definition) is 0. The fourth-order valence-electron chi connectivity index (χ4n) is 7.07. The van der Waals surface area contributed by atoms with Crippen molar-refractivity contribution in [3.05, 3.63) is 70.1 Å². The van der Waals surface area contributed by atoms with Crippen molar-refractivity contribution >= 4 is 44.8 Å². The molecule has 1 aromatic heterocycles. The van der Waals surface area contributed by atoms with Crippen molar-refractivity contribution in [1.82, 2.24) is 9.80 Å². The third kappa shape index (κ3) is 4.81. The Morgan fingerprint density at radius 3 is 2.03 bits per heavy atom. The molecule has 4 nitrogen and oxygen atoms in total. The van der Waals surface area contributed by atoms with Crippen molar-refractivity contribution in [2.24, 2.45) is 11.8 Å². The van der Waals surface area contributed by atoms with Crippen LogP contribution in [0.2, 0.25) is 5.02 Å². The Hall–Kier alpha value is -2.37. The number of hydrogen-bond acceptors (Lipinski definition) is 3. The number of piperidine rings is 2. The molecule has 6 rings (SSSR count). The van der Waals surface area contributed by atoms with E-state index in [1.54, 1.807) is 11.3 Å². The third-order valence-corrected chi connectivity index (χ3v) is 10.6. The molecule has 3 aliphatic rings. The van der Waals surface area contributed by atoms with Gasteiger partial charge in [0.1, 0.15) is 0 Å². The molecule has 2 amide bonds. The number of likely N-dealkylation sites (tertiary alicyclic amines) is 2. The quantitative estimate of drug-likeness (QED) is 0.356. The molecule has 6 heteroatoms. The lowest BCUT2D eigenvalue weighted by Crippen LogP contribution is -2.49. The summed E-state index contributed by atoms with van der Waals surface area (Å²) in [5.41, 5.74) is 0.771. The van der Waals surface area contributed by atoms with E-state index in [0.717, 1.165) is 98.4 Å². The van der Waals surface area contributed by atoms with Crippen LogP contribution in [0.15, 0.2) is 54.6 Å². The van der Waals surface area contributed by atoms with E-state index in [9.17, 15) is 9.59 Å². The van der Waals surface area contributed by atoms with Gasteiger partial charge in [-0.2, -0.15) is 0 Å². The molecule has 2 aliphatic heterocycles. The van der Waals surface area contributed by atoms with Crippen LogP contribution in [0, 0.1) is 11.8 Å². The average Bonchev–Trinajstić information content (AvgIpc) is 3.61. The molecule has 3 fully saturated rings. The summed E-state index contributed by atoms with van der Waals surface area (Å²) >= 11 is 7.74. The van der Waals surface area contributed by atoms with E-state index in [1.165, 1.54) is 4.70 Å². The molecule has 3 aromatic rings. The van der Waals surface area contributed by atoms with Gasteiger partial charge >= 0.3 is 0 Å². The van der Waals surface area contributed by atoms with E-state index < -0.39 is 0 Å². The van der Waals surface area contributed by atoms with Gasteiger partial charge < -0.3 is 9.80 Å². The second-order valence-corrected chi connectivity index (χ2v) is 12.7. The van der Waals surface area contributed by atoms with Crippen LogP contribution in [0.4, 0.5) is 0 Å². The number of nitrogens with zero attached hydrogens (tertiary/aromatic N) is 2. The van der Waals surface area contributed by atoms with E-state index in [1.807, 2.05) is 30.3 Å². The minimum atomic E-state index is -0.365. The van der Waals surface area contributed by atoms with Crippen LogP contribution in [0.5, 0.6) is 0 Å². The summed E-state index contributed by atoms with van der Waals surface area (Å²) in [6.45, 7) is 3.41. The summed E-state index contributed by atoms with van der Waals surface area (Å²) in [4.78, 5) is 32.1. The maximum absolute atomic E-state index is 13.9. The first-order valence-corrected chi connectivity index (χ1v) is 15.1. The highest BCUT2D eigenvalue weighted by atomic mass is 35.5. The molecule has 37 heavy (non-hydrogen) atoms. The summed E-state index contributed by atoms with van der Waals surface area (Å²) in [7, 11) is 0. The molecule has 3 heterocycles. The standard InChI is InChI=1S/C31H35ClN2O2S/c32-26-9-7-25(8-10-26)31(15-3-4-16-31)30(36)34-19-13-23(14-20-34)22-11-17-33(18-12-22)29(35)28-21-24-5-1-2-6-27(24)37-28/h1-2,5-10,21-23H,3-4,11-20H2. The summed E-state index contributed by atoms with van der Waals surface area (Å²) in [5.74, 6) is 1.82. The number of thiophene rings is 1. The Kier molecular flexibility index (Phi) is 7.02. The molecule has 2 saturated heterocycles. The van der Waals surface area contributed by atoms with Crippen molar-refractivity contribution in [2.75, 3.05) is 26.2 Å². The first-order valence-electron chi connectivity index (χ1n) is 13.9. The number of amides is 2. The smallest absolute Gasteiger partial charge is 0.263 e. The largest absolute Gasteiger partial charge is 0.342 e. The lowest BCUT2D eigenvalue weighted by Gasteiger charge is -2.42. The summed E-state index contributed by atoms with van der Waals surface area (Å²) in [6, 6.07) is 18.2. The highest BCUT2D eigenvalue weighted by Crippen LogP contribution is 2.44. The highest BCUT2D eigenvalue weighted by molar-refractivity contribution is 7.20. The third-order valence-electron chi connectivity index (χ3n) is 9.22. The summed E-state index contributed by atoms with van der Waals surface area (Å²) < 4.78 is 1.18. The van der Waals surface area contributed by atoms with Crippen LogP contribution in [0.3, 0.4) is 0 Å². The number of carbonyl (C=O) groups is 2. The first-order chi connectivity index (χ1) is 18.0. The second kappa shape index (κ2) is 10.4. The number of carbonyl (C=O) groups excluding carboxylic acids is 2. The van der Waals surface area contributed by atoms with Crippen molar-refractivity contribution in [3.63, 3.8) is 0 Å². The monoisotopic (exact) mass is 534 g/mol. The average molecular weight is 535 g/mol. The Morgan fingerprint density at radius 2 is 1.41 bits per heavy atom. The lowest BCUT2D eigenvalue weighted by atomic mass is 9.75. The van der Waals surface area contributed by atoms with Gasteiger partial charge in [-0.3, -0.25) is 9.59 Å². The molecule has 2 aromatic carbocycles. The number of halogens is 1. The molecule has 0 atom stereocenters. The van der Waals surface area contributed by atoms with Gasteiger partial charge in [-0.1, -0.05) is 54.8 Å². The van der Waals surface area contributed by atoms with Crippen molar-refractivity contribution < 1.29 is 9.59 Å². The Bertz CT molecular complexity index is 1230. The molecule has 1 saturated carbocycles. The molecule has 0 unspecified atom stereocenters. The predicted octanol–water partition coefficient (Wildman–Crippen LogP) is 7.16. The second-order valence-electron chi connectivity index (χ2n) is 11.2. The van der Waals surface area contributed by atoms with Crippen molar-refractivity contribution in [3.8, 4) is 0 Å². The van der Waals surface area contributed by atoms with Crippen LogP contribution in [0.1, 0.15) is 66.6 Å². The van der Waals surface area contributed by atoms with Crippen LogP contribution in [-0.4, -0.2) is 47.8 Å². The van der Waals surface area contributed by atoms with Gasteiger partial charge in [0.2, 0.25) is 5.91 Å². The first kappa shape index (κ1) is 24.9. The maximum Gasteiger partial charge on any atom is 0.263 e. The van der Waals surface area contributed by atoms with Gasteiger partial charge in [-0.15, -0.1) is 11.3 Å². The van der Waals surface area contributed by atoms with Gasteiger partial charge in [-0.25, -0.2) is 0 Å². The van der Waals surface area contributed by atoms with Crippen molar-refractivity contribution in [2.45, 2.75) is 56.8 Å². The predicted molar refractivity (Wildman–Crippen MR) is 151 cm³/mol. The van der Waals surface area contributed by atoms with Crippen LogP contribution < -0.4 is 0 Å².